The van der Waals surface area contributed by atoms with Crippen LogP contribution in [0.1, 0.15) is 27.2 Å². The summed E-state index contributed by atoms with van der Waals surface area (Å²) in [6, 6.07) is 7.91. The molecule has 0 aliphatic carbocycles. The van der Waals surface area contributed by atoms with E-state index in [1.165, 1.54) is 4.31 Å². The third kappa shape index (κ3) is 4.23. The molecule has 5 nitrogen and oxygen atoms in total. The lowest BCUT2D eigenvalue weighted by molar-refractivity contribution is -0.122. The van der Waals surface area contributed by atoms with Crippen molar-refractivity contribution in [2.45, 2.75) is 39.3 Å². The first kappa shape index (κ1) is 16.5. The van der Waals surface area contributed by atoms with Crippen molar-refractivity contribution in [2.75, 3.05) is 10.6 Å². The molecule has 0 aliphatic heterocycles. The van der Waals surface area contributed by atoms with Crippen LogP contribution in [-0.2, 0) is 14.8 Å². The Morgan fingerprint density at radius 2 is 1.80 bits per heavy atom. The highest BCUT2D eigenvalue weighted by Gasteiger charge is 2.31. The zero-order chi connectivity index (χ0) is 15.3. The second-order valence-corrected chi connectivity index (χ2v) is 6.84. The minimum absolute atomic E-state index is 0.0336. The van der Waals surface area contributed by atoms with E-state index in [1.54, 1.807) is 37.3 Å². The lowest BCUT2D eigenvalue weighted by Gasteiger charge is -2.30. The largest absolute Gasteiger partial charge is 0.352 e. The molecule has 1 amide bonds. The highest BCUT2D eigenvalue weighted by atomic mass is 32.2. The van der Waals surface area contributed by atoms with Gasteiger partial charge in [-0.05, 0) is 32.4 Å². The SMILES string of the molecule is CCC(C(=O)NC(C)C)N(c1ccccc1)S(C)(=O)=O. The molecule has 1 N–H and O–H groups in total. The maximum Gasteiger partial charge on any atom is 0.244 e. The van der Waals surface area contributed by atoms with E-state index in [1.807, 2.05) is 13.8 Å². The number of amides is 1. The van der Waals surface area contributed by atoms with Gasteiger partial charge in [-0.1, -0.05) is 25.1 Å². The Hall–Kier alpha value is -1.56. The molecule has 0 aliphatic rings. The van der Waals surface area contributed by atoms with Crippen LogP contribution in [0.25, 0.3) is 0 Å². The van der Waals surface area contributed by atoms with E-state index >= 15 is 0 Å². The van der Waals surface area contributed by atoms with Crippen LogP contribution >= 0.6 is 0 Å². The highest BCUT2D eigenvalue weighted by molar-refractivity contribution is 7.92. The highest BCUT2D eigenvalue weighted by Crippen LogP contribution is 2.21. The topological polar surface area (TPSA) is 66.5 Å². The molecule has 1 aromatic carbocycles. The van der Waals surface area contributed by atoms with E-state index < -0.39 is 16.1 Å². The van der Waals surface area contributed by atoms with Gasteiger partial charge in [0.2, 0.25) is 15.9 Å². The Kier molecular flexibility index (Phi) is 5.56. The van der Waals surface area contributed by atoms with Gasteiger partial charge in [0.05, 0.1) is 11.9 Å². The second kappa shape index (κ2) is 6.74. The van der Waals surface area contributed by atoms with Crippen molar-refractivity contribution in [2.24, 2.45) is 0 Å². The molecular formula is C14H22N2O3S. The van der Waals surface area contributed by atoms with Crippen molar-refractivity contribution in [1.82, 2.24) is 5.32 Å². The number of sulfonamides is 1. The summed E-state index contributed by atoms with van der Waals surface area (Å²) in [5, 5.41) is 2.77. The van der Waals surface area contributed by atoms with Gasteiger partial charge in [-0.3, -0.25) is 9.10 Å². The molecule has 20 heavy (non-hydrogen) atoms. The zero-order valence-electron chi connectivity index (χ0n) is 12.3. The number of hydrogen-bond acceptors (Lipinski definition) is 3. The van der Waals surface area contributed by atoms with Gasteiger partial charge in [0.1, 0.15) is 6.04 Å². The molecule has 0 saturated heterocycles. The summed E-state index contributed by atoms with van der Waals surface area (Å²) in [6.45, 7) is 5.49. The first-order valence-corrected chi connectivity index (χ1v) is 8.47. The maximum absolute atomic E-state index is 12.2. The number of benzene rings is 1. The van der Waals surface area contributed by atoms with E-state index in [-0.39, 0.29) is 11.9 Å². The van der Waals surface area contributed by atoms with Crippen LogP contribution in [-0.4, -0.2) is 32.7 Å². The van der Waals surface area contributed by atoms with Crippen LogP contribution in [0.2, 0.25) is 0 Å². The molecule has 1 rings (SSSR count). The summed E-state index contributed by atoms with van der Waals surface area (Å²) in [7, 11) is -3.54. The maximum atomic E-state index is 12.2. The number of carbonyl (C=O) groups excluding carboxylic acids is 1. The van der Waals surface area contributed by atoms with Crippen molar-refractivity contribution in [3.63, 3.8) is 0 Å². The first-order chi connectivity index (χ1) is 9.27. The minimum atomic E-state index is -3.54. The number of para-hydroxylation sites is 1. The van der Waals surface area contributed by atoms with Crippen LogP contribution < -0.4 is 9.62 Å². The Morgan fingerprint density at radius 3 is 2.20 bits per heavy atom. The molecule has 0 saturated carbocycles. The number of nitrogens with zero attached hydrogens (tertiary/aromatic N) is 1. The Morgan fingerprint density at radius 1 is 1.25 bits per heavy atom. The van der Waals surface area contributed by atoms with Crippen LogP contribution in [0.15, 0.2) is 30.3 Å². The molecule has 0 radical (unpaired) electrons. The number of carbonyl (C=O) groups is 1. The monoisotopic (exact) mass is 298 g/mol. The van der Waals surface area contributed by atoms with Gasteiger partial charge in [0.15, 0.2) is 0 Å². The Balaban J connectivity index is 3.19. The number of rotatable bonds is 6. The molecule has 0 bridgehead atoms. The molecule has 1 atom stereocenters. The van der Waals surface area contributed by atoms with Crippen LogP contribution in [0, 0.1) is 0 Å². The summed E-state index contributed by atoms with van der Waals surface area (Å²) in [5.74, 6) is -0.281. The minimum Gasteiger partial charge on any atom is -0.352 e. The van der Waals surface area contributed by atoms with E-state index in [0.29, 0.717) is 12.1 Å². The molecule has 0 fully saturated rings. The molecule has 0 spiro atoms. The molecule has 6 heteroatoms. The molecule has 112 valence electrons. The van der Waals surface area contributed by atoms with Gasteiger partial charge in [-0.15, -0.1) is 0 Å². The number of anilines is 1. The summed E-state index contributed by atoms with van der Waals surface area (Å²) in [6.07, 6.45) is 1.52. The molecule has 0 aromatic heterocycles. The molecule has 0 heterocycles. The predicted molar refractivity (Wildman–Crippen MR) is 81.1 cm³/mol. The van der Waals surface area contributed by atoms with Gasteiger partial charge in [0.25, 0.3) is 0 Å². The van der Waals surface area contributed by atoms with E-state index in [4.69, 9.17) is 0 Å². The van der Waals surface area contributed by atoms with Gasteiger partial charge in [-0.25, -0.2) is 8.42 Å². The smallest absolute Gasteiger partial charge is 0.244 e. The van der Waals surface area contributed by atoms with E-state index in [0.717, 1.165) is 6.26 Å². The van der Waals surface area contributed by atoms with Crippen LogP contribution in [0.3, 0.4) is 0 Å². The fourth-order valence-corrected chi connectivity index (χ4v) is 3.23. The molecule has 1 aromatic rings. The van der Waals surface area contributed by atoms with Gasteiger partial charge < -0.3 is 5.32 Å². The summed E-state index contributed by atoms with van der Waals surface area (Å²) in [4.78, 5) is 12.2. The first-order valence-electron chi connectivity index (χ1n) is 6.62. The lowest BCUT2D eigenvalue weighted by atomic mass is 10.2. The summed E-state index contributed by atoms with van der Waals surface area (Å²) >= 11 is 0. The number of hydrogen-bond donors (Lipinski definition) is 1. The quantitative estimate of drug-likeness (QED) is 0.870. The fraction of sp³-hybridized carbons (Fsp3) is 0.500. The molecule has 1 unspecified atom stereocenters. The van der Waals surface area contributed by atoms with Crippen molar-refractivity contribution >= 4 is 21.6 Å². The summed E-state index contributed by atoms with van der Waals surface area (Å²) in [5.41, 5.74) is 0.501. The van der Waals surface area contributed by atoms with Crippen molar-refractivity contribution in [1.29, 1.82) is 0 Å². The van der Waals surface area contributed by atoms with Gasteiger partial charge >= 0.3 is 0 Å². The van der Waals surface area contributed by atoms with Crippen molar-refractivity contribution in [3.8, 4) is 0 Å². The third-order valence-electron chi connectivity index (χ3n) is 2.77. The Labute approximate surface area is 121 Å². The van der Waals surface area contributed by atoms with Crippen molar-refractivity contribution in [3.05, 3.63) is 30.3 Å². The summed E-state index contributed by atoms with van der Waals surface area (Å²) < 4.78 is 25.3. The van der Waals surface area contributed by atoms with Crippen LogP contribution in [0.5, 0.6) is 0 Å². The van der Waals surface area contributed by atoms with Crippen LogP contribution in [0.4, 0.5) is 5.69 Å². The second-order valence-electron chi connectivity index (χ2n) is 4.98. The van der Waals surface area contributed by atoms with Gasteiger partial charge in [-0.2, -0.15) is 0 Å². The third-order valence-corrected chi connectivity index (χ3v) is 3.95. The average molecular weight is 298 g/mol. The van der Waals surface area contributed by atoms with E-state index in [2.05, 4.69) is 5.32 Å². The lowest BCUT2D eigenvalue weighted by Crippen LogP contribution is -2.50. The Bertz CT molecular complexity index is 541. The van der Waals surface area contributed by atoms with Gasteiger partial charge in [0, 0.05) is 6.04 Å². The fourth-order valence-electron chi connectivity index (χ4n) is 2.02. The van der Waals surface area contributed by atoms with Crippen molar-refractivity contribution < 1.29 is 13.2 Å². The average Bonchev–Trinajstić information content (AvgIpc) is 2.34. The normalized spacial score (nSPS) is 13.1. The molecular weight excluding hydrogens is 276 g/mol. The zero-order valence-corrected chi connectivity index (χ0v) is 13.1. The van der Waals surface area contributed by atoms with E-state index in [9.17, 15) is 13.2 Å². The number of nitrogens with one attached hydrogen (secondary N) is 1. The predicted octanol–water partition coefficient (Wildman–Crippen LogP) is 1.76. The standard InChI is InChI=1S/C14H22N2O3S/c1-5-13(14(17)15-11(2)3)16(20(4,18)19)12-9-7-6-8-10-12/h6-11,13H,5H2,1-4H3,(H,15,17).